The van der Waals surface area contributed by atoms with Gasteiger partial charge in [0.1, 0.15) is 5.75 Å². The van der Waals surface area contributed by atoms with Crippen LogP contribution in [-0.4, -0.2) is 55.2 Å². The van der Waals surface area contributed by atoms with Gasteiger partial charge in [0.2, 0.25) is 0 Å². The molecular formula is C48H62F2O7. The van der Waals surface area contributed by atoms with Crippen molar-refractivity contribution >= 4 is 11.9 Å². The number of aliphatic hydroxyl groups is 2. The minimum atomic E-state index is -0.969. The molecule has 4 rings (SSSR count). The number of ether oxygens (including phenoxy) is 3. The highest BCUT2D eigenvalue weighted by molar-refractivity contribution is 5.87. The Morgan fingerprint density at radius 3 is 1.75 bits per heavy atom. The lowest BCUT2D eigenvalue weighted by molar-refractivity contribution is -0.139. The van der Waals surface area contributed by atoms with Crippen molar-refractivity contribution in [1.29, 1.82) is 0 Å². The lowest BCUT2D eigenvalue weighted by atomic mass is 9.77. The molecule has 0 heterocycles. The largest absolute Gasteiger partial charge is 0.493 e. The molecule has 1 aliphatic rings. The molecule has 0 aromatic heterocycles. The van der Waals surface area contributed by atoms with Crippen molar-refractivity contribution in [2.45, 2.75) is 110 Å². The van der Waals surface area contributed by atoms with Crippen molar-refractivity contribution in [2.75, 3.05) is 33.0 Å². The van der Waals surface area contributed by atoms with Crippen molar-refractivity contribution < 1.29 is 42.8 Å². The van der Waals surface area contributed by atoms with Crippen molar-refractivity contribution in [3.63, 3.8) is 0 Å². The van der Waals surface area contributed by atoms with Crippen molar-refractivity contribution in [1.82, 2.24) is 0 Å². The molecule has 0 aliphatic heterocycles. The molecule has 1 saturated carbocycles. The Morgan fingerprint density at radius 1 is 0.737 bits per heavy atom. The number of halogens is 2. The minimum Gasteiger partial charge on any atom is -0.493 e. The van der Waals surface area contributed by atoms with E-state index >= 15 is 8.78 Å². The maximum atomic E-state index is 16.2. The number of carbonyl (C=O) groups is 2. The fourth-order valence-corrected chi connectivity index (χ4v) is 7.53. The predicted octanol–water partition coefficient (Wildman–Crippen LogP) is 10.6. The number of aryl methyl sites for hydroxylation is 2. The maximum Gasteiger partial charge on any atom is 0.333 e. The van der Waals surface area contributed by atoms with Crippen molar-refractivity contribution in [2.24, 2.45) is 11.8 Å². The van der Waals surface area contributed by atoms with E-state index in [2.05, 4.69) is 32.2 Å². The molecule has 1 aliphatic carbocycles. The Hall–Kier alpha value is -4.34. The summed E-state index contributed by atoms with van der Waals surface area (Å²) in [6, 6.07) is 14.6. The SMILES string of the molecule is C=C(C)C(=O)OCCCc1cc(-c2ccc(-c3ccc(C4CCC(CCCCC)CC4)cc3)c(F)c2F)cc(CCCOC(=O)C(=C)C)c1OCCC(CO)CO. The van der Waals surface area contributed by atoms with Gasteiger partial charge in [0.15, 0.2) is 11.6 Å². The molecule has 0 radical (unpaired) electrons. The van der Waals surface area contributed by atoms with E-state index in [0.29, 0.717) is 66.0 Å². The Balaban J connectivity index is 1.62. The molecule has 0 spiro atoms. The van der Waals surface area contributed by atoms with Gasteiger partial charge in [-0.3, -0.25) is 0 Å². The van der Waals surface area contributed by atoms with E-state index < -0.39 is 23.6 Å². The molecule has 1 fully saturated rings. The fourth-order valence-electron chi connectivity index (χ4n) is 7.53. The second kappa shape index (κ2) is 23.2. The zero-order valence-corrected chi connectivity index (χ0v) is 34.2. The van der Waals surface area contributed by atoms with Crippen LogP contribution in [0.5, 0.6) is 5.75 Å². The first-order valence-electron chi connectivity index (χ1n) is 20.7. The third-order valence-electron chi connectivity index (χ3n) is 11.0. The number of aliphatic hydroxyl groups excluding tert-OH is 2. The quantitative estimate of drug-likeness (QED) is 0.0560. The summed E-state index contributed by atoms with van der Waals surface area (Å²) < 4.78 is 49.3. The standard InChI is InChI=1S/C48H62F2O7/c1-6-7-8-11-34-14-16-36(17-15-34)37-18-20-38(21-19-37)42-22-23-43(45(50)44(42)49)41-28-39(12-9-25-56-47(53)32(2)3)46(55-27-24-35(30-51)31-52)40(29-41)13-10-26-57-48(54)33(4)5/h18-23,28-29,34-36,51-52H,2,4,6-17,24-27,30-31H2,1,3,5H3. The monoisotopic (exact) mass is 788 g/mol. The fraction of sp³-hybridized carbons (Fsp3) is 0.500. The molecule has 0 unspecified atom stereocenters. The first-order valence-corrected chi connectivity index (χ1v) is 20.7. The van der Waals surface area contributed by atoms with Gasteiger partial charge in [-0.1, -0.05) is 82.2 Å². The van der Waals surface area contributed by atoms with Gasteiger partial charge in [0.25, 0.3) is 0 Å². The van der Waals surface area contributed by atoms with Crippen LogP contribution < -0.4 is 4.74 Å². The number of unbranched alkanes of at least 4 members (excludes halogenated alkanes) is 2. The Bertz CT molecular complexity index is 1730. The van der Waals surface area contributed by atoms with Crippen LogP contribution in [0.2, 0.25) is 0 Å². The normalized spacial score (nSPS) is 15.4. The van der Waals surface area contributed by atoms with E-state index in [4.69, 9.17) is 14.2 Å². The summed E-state index contributed by atoms with van der Waals surface area (Å²) in [7, 11) is 0. The topological polar surface area (TPSA) is 102 Å². The third kappa shape index (κ3) is 13.4. The molecule has 0 saturated heterocycles. The second-order valence-electron chi connectivity index (χ2n) is 15.7. The highest BCUT2D eigenvalue weighted by Gasteiger charge is 2.24. The molecule has 2 N–H and O–H groups in total. The third-order valence-corrected chi connectivity index (χ3v) is 11.0. The number of hydrogen-bond donors (Lipinski definition) is 2. The molecular weight excluding hydrogens is 727 g/mol. The van der Waals surface area contributed by atoms with Crippen LogP contribution in [-0.2, 0) is 31.9 Å². The second-order valence-corrected chi connectivity index (χ2v) is 15.7. The van der Waals surface area contributed by atoms with Gasteiger partial charge < -0.3 is 24.4 Å². The Labute approximate surface area is 338 Å². The summed E-state index contributed by atoms with van der Waals surface area (Å²) in [5.41, 5.74) is 4.51. The zero-order valence-electron chi connectivity index (χ0n) is 34.2. The molecule has 0 bridgehead atoms. The first kappa shape index (κ1) is 45.4. The molecule has 57 heavy (non-hydrogen) atoms. The van der Waals surface area contributed by atoms with Gasteiger partial charge in [-0.25, -0.2) is 18.4 Å². The van der Waals surface area contributed by atoms with Crippen LogP contribution in [0.1, 0.15) is 114 Å². The van der Waals surface area contributed by atoms with Gasteiger partial charge in [0.05, 0.1) is 19.8 Å². The molecule has 3 aromatic carbocycles. The highest BCUT2D eigenvalue weighted by Crippen LogP contribution is 2.40. The number of carbonyl (C=O) groups excluding carboxylic acids is 2. The first-order chi connectivity index (χ1) is 27.5. The maximum absolute atomic E-state index is 16.2. The van der Waals surface area contributed by atoms with Crippen LogP contribution in [0.3, 0.4) is 0 Å². The van der Waals surface area contributed by atoms with Gasteiger partial charge in [-0.05, 0) is 123 Å². The lowest BCUT2D eigenvalue weighted by Crippen LogP contribution is -2.16. The van der Waals surface area contributed by atoms with E-state index in [1.165, 1.54) is 44.1 Å². The van der Waals surface area contributed by atoms with E-state index in [9.17, 15) is 19.8 Å². The number of esters is 2. The van der Waals surface area contributed by atoms with Crippen LogP contribution in [0, 0.1) is 23.5 Å². The molecule has 9 heteroatoms. The van der Waals surface area contributed by atoms with Gasteiger partial charge in [0, 0.05) is 41.4 Å². The Kier molecular flexibility index (Phi) is 18.4. The summed E-state index contributed by atoms with van der Waals surface area (Å²) in [5.74, 6) is -1.46. The predicted molar refractivity (Wildman–Crippen MR) is 222 cm³/mol. The van der Waals surface area contributed by atoms with Crippen molar-refractivity contribution in [3.05, 3.63) is 101 Å². The molecule has 0 atom stereocenters. The molecule has 0 amide bonds. The van der Waals surface area contributed by atoms with Crippen LogP contribution in [0.25, 0.3) is 22.3 Å². The van der Waals surface area contributed by atoms with Crippen molar-refractivity contribution in [3.8, 4) is 28.0 Å². The number of hydrogen-bond acceptors (Lipinski definition) is 7. The van der Waals surface area contributed by atoms with Crippen LogP contribution in [0.15, 0.2) is 72.8 Å². The van der Waals surface area contributed by atoms with E-state index in [0.717, 1.165) is 18.8 Å². The summed E-state index contributed by atoms with van der Waals surface area (Å²) in [6.07, 6.45) is 11.9. The zero-order chi connectivity index (χ0) is 41.3. The van der Waals surface area contributed by atoms with Gasteiger partial charge in [-0.2, -0.15) is 0 Å². The highest BCUT2D eigenvalue weighted by atomic mass is 19.2. The van der Waals surface area contributed by atoms with E-state index in [-0.39, 0.29) is 61.2 Å². The molecule has 7 nitrogen and oxygen atoms in total. The summed E-state index contributed by atoms with van der Waals surface area (Å²) in [6.45, 7) is 12.6. The Morgan fingerprint density at radius 2 is 1.26 bits per heavy atom. The minimum absolute atomic E-state index is 0.0839. The number of benzene rings is 3. The smallest absolute Gasteiger partial charge is 0.333 e. The van der Waals surface area contributed by atoms with Gasteiger partial charge in [-0.15, -0.1) is 0 Å². The van der Waals surface area contributed by atoms with E-state index in [1.54, 1.807) is 38.1 Å². The van der Waals surface area contributed by atoms with E-state index in [1.807, 2.05) is 12.1 Å². The summed E-state index contributed by atoms with van der Waals surface area (Å²) >= 11 is 0. The molecule has 310 valence electrons. The number of rotatable bonds is 23. The molecule has 3 aromatic rings. The van der Waals surface area contributed by atoms with Gasteiger partial charge >= 0.3 is 11.9 Å². The summed E-state index contributed by atoms with van der Waals surface area (Å²) in [4.78, 5) is 24.1. The van der Waals surface area contributed by atoms with Crippen LogP contribution >= 0.6 is 0 Å². The summed E-state index contributed by atoms with van der Waals surface area (Å²) in [5, 5.41) is 19.2. The average molecular weight is 789 g/mol. The lowest BCUT2D eigenvalue weighted by Gasteiger charge is -2.29. The van der Waals surface area contributed by atoms with Crippen LogP contribution in [0.4, 0.5) is 8.78 Å². The average Bonchev–Trinajstić information content (AvgIpc) is 3.21.